The van der Waals surface area contributed by atoms with Crippen molar-refractivity contribution in [2.45, 2.75) is 33.0 Å². The summed E-state index contributed by atoms with van der Waals surface area (Å²) in [6.07, 6.45) is 3.50. The molecule has 0 radical (unpaired) electrons. The molecule has 5 rings (SSSR count). The molecule has 1 aromatic heterocycles. The number of dihydropyridines is 1. The fraction of sp³-hybridized carbons (Fsp3) is 0.323. The summed E-state index contributed by atoms with van der Waals surface area (Å²) in [7, 11) is 0. The molecule has 236 valence electrons. The molecule has 0 bridgehead atoms. The maximum absolute atomic E-state index is 14.7. The van der Waals surface area contributed by atoms with E-state index in [9.17, 15) is 19.6 Å². The second-order valence-electron chi connectivity index (χ2n) is 11.2. The molecule has 0 saturated carbocycles. The highest BCUT2D eigenvalue weighted by molar-refractivity contribution is 6.47. The summed E-state index contributed by atoms with van der Waals surface area (Å²) in [6.45, 7) is 11.0. The highest BCUT2D eigenvalue weighted by Gasteiger charge is 2.42. The van der Waals surface area contributed by atoms with Crippen LogP contribution < -0.4 is 16.0 Å². The van der Waals surface area contributed by atoms with Crippen molar-refractivity contribution in [1.82, 2.24) is 20.1 Å². The van der Waals surface area contributed by atoms with Gasteiger partial charge in [-0.25, -0.2) is 9.37 Å². The van der Waals surface area contributed by atoms with Gasteiger partial charge in [0, 0.05) is 43.0 Å². The summed E-state index contributed by atoms with van der Waals surface area (Å²) in [5, 5.41) is 24.8. The maximum Gasteiger partial charge on any atom is 0.246 e. The average molecular weight is 693 g/mol. The zero-order valence-corrected chi connectivity index (χ0v) is 27.7. The van der Waals surface area contributed by atoms with E-state index in [2.05, 4.69) is 18.0 Å². The van der Waals surface area contributed by atoms with E-state index in [0.717, 1.165) is 5.57 Å². The van der Waals surface area contributed by atoms with Crippen LogP contribution in [0, 0.1) is 23.1 Å². The van der Waals surface area contributed by atoms with E-state index >= 15 is 0 Å². The monoisotopic (exact) mass is 691 g/mol. The van der Waals surface area contributed by atoms with E-state index < -0.39 is 22.1 Å². The largest absolute Gasteiger partial charge is 0.397 e. The first-order chi connectivity index (χ1) is 21.3. The molecule has 2 aromatic rings. The van der Waals surface area contributed by atoms with Crippen molar-refractivity contribution in [2.75, 3.05) is 36.8 Å². The Balaban J connectivity index is 1.79. The quantitative estimate of drug-likeness (QED) is 0.147. The van der Waals surface area contributed by atoms with Crippen LogP contribution in [0.2, 0.25) is 20.1 Å². The number of hydrogen-bond donors (Lipinski definition) is 3. The second kappa shape index (κ2) is 12.7. The van der Waals surface area contributed by atoms with Gasteiger partial charge in [-0.1, -0.05) is 66.8 Å². The van der Waals surface area contributed by atoms with Crippen molar-refractivity contribution >= 4 is 69.5 Å². The number of nitrogen functional groups attached to an aromatic ring is 1. The van der Waals surface area contributed by atoms with Crippen LogP contribution in [0.4, 0.5) is 15.9 Å². The van der Waals surface area contributed by atoms with Crippen molar-refractivity contribution < 1.29 is 14.3 Å². The third-order valence-electron chi connectivity index (χ3n) is 8.17. The molecule has 45 heavy (non-hydrogen) atoms. The summed E-state index contributed by atoms with van der Waals surface area (Å²) < 4.78 is 14.7. The molecule has 1 aromatic carbocycles. The van der Waals surface area contributed by atoms with Crippen LogP contribution in [0.15, 0.2) is 47.8 Å². The lowest BCUT2D eigenvalue weighted by Crippen LogP contribution is -2.52. The van der Waals surface area contributed by atoms with Gasteiger partial charge in [-0.3, -0.25) is 9.69 Å². The number of amides is 1. The predicted molar refractivity (Wildman–Crippen MR) is 177 cm³/mol. The van der Waals surface area contributed by atoms with Crippen molar-refractivity contribution in [2.24, 2.45) is 5.92 Å². The number of carbonyl (C=O) groups is 1. The molecular weight excluding hydrogens is 663 g/mol. The molecule has 1 amide bonds. The Bertz CT molecular complexity index is 1710. The van der Waals surface area contributed by atoms with Gasteiger partial charge < -0.3 is 26.0 Å². The zero-order valence-electron chi connectivity index (χ0n) is 24.6. The topological polar surface area (TPSA) is 122 Å². The van der Waals surface area contributed by atoms with E-state index in [1.807, 2.05) is 37.9 Å². The Kier molecular flexibility index (Phi) is 9.32. The van der Waals surface area contributed by atoms with Crippen LogP contribution in [-0.2, 0) is 4.79 Å². The second-order valence-corrected chi connectivity index (χ2v) is 12.7. The van der Waals surface area contributed by atoms with Crippen molar-refractivity contribution in [3.05, 3.63) is 79.3 Å². The molecule has 9 nitrogen and oxygen atoms in total. The number of aliphatic hydroxyl groups excluding tert-OH is 1. The number of nitrogens with one attached hydrogen (secondary N) is 1. The molecule has 2 atom stereocenters. The van der Waals surface area contributed by atoms with Gasteiger partial charge in [0.05, 0.1) is 38.2 Å². The third kappa shape index (κ3) is 5.51. The summed E-state index contributed by atoms with van der Waals surface area (Å²) in [5.41, 5.74) is 8.60. The number of aliphatic hydroxyl groups is 1. The van der Waals surface area contributed by atoms with Gasteiger partial charge in [-0.05, 0) is 42.8 Å². The van der Waals surface area contributed by atoms with Gasteiger partial charge in [0.1, 0.15) is 22.5 Å². The highest BCUT2D eigenvalue weighted by atomic mass is 35.5. The van der Waals surface area contributed by atoms with E-state index in [0.29, 0.717) is 43.1 Å². The number of nitrogens with two attached hydrogens (primary N) is 1. The SMILES string of the molecule is C=CC(=O)N1CCN(C2=C(C#N)C(O)N(C3=C(C)C=CN[C@@H]3C(C)C)c3nc(-c4c(N)c(Cl)c(F)c(Cl)c4Cl)c(Cl)cc32)CC1. The minimum absolute atomic E-state index is 0.0243. The highest BCUT2D eigenvalue weighted by Crippen LogP contribution is 2.49. The Morgan fingerprint density at radius 1 is 1.22 bits per heavy atom. The van der Waals surface area contributed by atoms with Crippen LogP contribution in [0.3, 0.4) is 0 Å². The first kappa shape index (κ1) is 32.9. The first-order valence-corrected chi connectivity index (χ1v) is 15.6. The first-order valence-electron chi connectivity index (χ1n) is 14.1. The Hall–Kier alpha value is -3.46. The number of allylic oxidation sites excluding steroid dienone is 2. The normalized spacial score (nSPS) is 20.0. The average Bonchev–Trinajstić information content (AvgIpc) is 3.02. The summed E-state index contributed by atoms with van der Waals surface area (Å²) >= 11 is 25.8. The van der Waals surface area contributed by atoms with Gasteiger partial charge in [-0.2, -0.15) is 5.26 Å². The Morgan fingerprint density at radius 3 is 2.49 bits per heavy atom. The van der Waals surface area contributed by atoms with Gasteiger partial charge in [0.2, 0.25) is 5.91 Å². The summed E-state index contributed by atoms with van der Waals surface area (Å²) in [6, 6.07) is 3.56. The number of carbonyl (C=O) groups excluding carboxylic acids is 1. The standard InChI is InChI=1S/C31H30Cl4FN7O2/c1-5-19(44)41-8-10-42(11-9-41)29-16-12-18(32)27(20-21(33)22(34)24(36)23(35)25(20)38)40-30(16)43(31(45)17(29)13-37)28-15(4)6-7-39-26(28)14(2)3/h5-7,12,14,26,31,39,45H,1,8-11,38H2,2-4H3/t26-,31?/m1/s1. The van der Waals surface area contributed by atoms with Crippen LogP contribution in [0.25, 0.3) is 17.0 Å². The van der Waals surface area contributed by atoms with E-state index in [-0.39, 0.29) is 56.2 Å². The minimum Gasteiger partial charge on any atom is -0.397 e. The molecule has 0 spiro atoms. The molecule has 0 aliphatic carbocycles. The zero-order chi connectivity index (χ0) is 32.9. The van der Waals surface area contributed by atoms with Crippen LogP contribution >= 0.6 is 46.4 Å². The van der Waals surface area contributed by atoms with Gasteiger partial charge in [-0.15, -0.1) is 0 Å². The third-order valence-corrected chi connectivity index (χ3v) is 9.66. The van der Waals surface area contributed by atoms with E-state index in [1.165, 1.54) is 6.08 Å². The number of rotatable bonds is 5. The number of nitrogens with zero attached hydrogens (tertiary/aromatic N) is 5. The summed E-state index contributed by atoms with van der Waals surface area (Å²) in [5.74, 6) is -0.854. The molecule has 3 aliphatic rings. The Labute approximate surface area is 280 Å². The van der Waals surface area contributed by atoms with Gasteiger partial charge in [0.15, 0.2) is 12.0 Å². The smallest absolute Gasteiger partial charge is 0.246 e. The number of benzene rings is 1. The van der Waals surface area contributed by atoms with Crippen LogP contribution in [0.1, 0.15) is 26.3 Å². The fourth-order valence-electron chi connectivity index (χ4n) is 5.92. The predicted octanol–water partition coefficient (Wildman–Crippen LogP) is 6.20. The lowest BCUT2D eigenvalue weighted by Gasteiger charge is -2.45. The van der Waals surface area contributed by atoms with Gasteiger partial charge >= 0.3 is 0 Å². The van der Waals surface area contributed by atoms with Crippen LogP contribution in [-0.4, -0.2) is 64.2 Å². The minimum atomic E-state index is -1.46. The molecule has 1 unspecified atom stereocenters. The number of fused-ring (bicyclic) bond motifs is 1. The molecular formula is C31H30Cl4FN7O2. The number of anilines is 2. The number of hydrogen-bond acceptors (Lipinski definition) is 8. The number of pyridine rings is 1. The van der Waals surface area contributed by atoms with Crippen molar-refractivity contribution in [3.8, 4) is 17.3 Å². The number of aromatic nitrogens is 1. The molecule has 4 heterocycles. The summed E-state index contributed by atoms with van der Waals surface area (Å²) in [4.78, 5) is 22.4. The van der Waals surface area contributed by atoms with E-state index in [4.69, 9.17) is 57.1 Å². The number of nitriles is 1. The van der Waals surface area contributed by atoms with E-state index in [1.54, 1.807) is 15.9 Å². The molecule has 14 heteroatoms. The molecule has 1 fully saturated rings. The molecule has 3 aliphatic heterocycles. The molecule has 4 N–H and O–H groups in total. The van der Waals surface area contributed by atoms with Gasteiger partial charge in [0.25, 0.3) is 0 Å². The Morgan fingerprint density at radius 2 is 1.89 bits per heavy atom. The van der Waals surface area contributed by atoms with Crippen LogP contribution in [0.5, 0.6) is 0 Å². The lowest BCUT2D eigenvalue weighted by molar-refractivity contribution is -0.127. The fourth-order valence-corrected chi connectivity index (χ4v) is 6.86. The van der Waals surface area contributed by atoms with Crippen molar-refractivity contribution in [3.63, 3.8) is 0 Å². The lowest BCUT2D eigenvalue weighted by atomic mass is 9.90. The molecule has 1 saturated heterocycles. The number of piperazine rings is 1. The number of halogens is 5. The maximum atomic E-state index is 14.7. The van der Waals surface area contributed by atoms with Crippen molar-refractivity contribution in [1.29, 1.82) is 5.26 Å².